The minimum absolute atomic E-state index is 0.155. The molecule has 1 aromatic heterocycles. The zero-order valence-electron chi connectivity index (χ0n) is 17.6. The molecular weight excluding hydrogens is 422 g/mol. The summed E-state index contributed by atoms with van der Waals surface area (Å²) in [6.07, 6.45) is 0.169. The van der Waals surface area contributed by atoms with Gasteiger partial charge in [0.2, 0.25) is 5.91 Å². The Morgan fingerprint density at radius 1 is 1.23 bits per heavy atom. The first-order valence-electron chi connectivity index (χ1n) is 9.90. The number of aromatic amines is 1. The van der Waals surface area contributed by atoms with E-state index in [1.807, 2.05) is 31.2 Å². The lowest BCUT2D eigenvalue weighted by Crippen LogP contribution is -2.30. The molecule has 9 heteroatoms. The average molecular weight is 447 g/mol. The Morgan fingerprint density at radius 3 is 2.58 bits per heavy atom. The minimum atomic E-state index is -0.935. The van der Waals surface area contributed by atoms with Crippen LogP contribution in [0.4, 0.5) is 8.78 Å². The lowest BCUT2D eigenvalue weighted by Gasteiger charge is -2.25. The molecule has 0 fully saturated rings. The Hall–Kier alpha value is -3.07. The fourth-order valence-electron chi connectivity index (χ4n) is 3.21. The molecule has 0 bridgehead atoms. The van der Waals surface area contributed by atoms with E-state index in [0.29, 0.717) is 29.3 Å². The molecule has 3 aromatic rings. The molecular formula is C22H24F2N4O2S. The number of nitrogens with one attached hydrogen (secondary N) is 1. The number of hydrogen-bond donors (Lipinski definition) is 1. The molecule has 6 nitrogen and oxygen atoms in total. The van der Waals surface area contributed by atoms with Crippen LogP contribution in [0.25, 0.3) is 11.4 Å². The van der Waals surface area contributed by atoms with Gasteiger partial charge < -0.3 is 9.64 Å². The van der Waals surface area contributed by atoms with Crippen molar-refractivity contribution < 1.29 is 18.3 Å². The van der Waals surface area contributed by atoms with E-state index in [1.165, 1.54) is 11.0 Å². The maximum Gasteiger partial charge on any atom is 0.224 e. The summed E-state index contributed by atoms with van der Waals surface area (Å²) in [5.74, 6) is -0.624. The smallest absolute Gasteiger partial charge is 0.224 e. The normalized spacial score (nSPS) is 11.9. The van der Waals surface area contributed by atoms with Crippen LogP contribution in [-0.4, -0.2) is 39.2 Å². The minimum Gasteiger partial charge on any atom is -0.494 e. The van der Waals surface area contributed by atoms with Crippen LogP contribution in [0, 0.1) is 16.4 Å². The van der Waals surface area contributed by atoms with Gasteiger partial charge in [0.25, 0.3) is 0 Å². The third-order valence-corrected chi connectivity index (χ3v) is 5.44. The van der Waals surface area contributed by atoms with Crippen molar-refractivity contribution in [3.63, 3.8) is 0 Å². The summed E-state index contributed by atoms with van der Waals surface area (Å²) in [7, 11) is 1.64. The van der Waals surface area contributed by atoms with E-state index >= 15 is 0 Å². The quantitative estimate of drug-likeness (QED) is 0.500. The maximum atomic E-state index is 13.5. The van der Waals surface area contributed by atoms with E-state index in [-0.39, 0.29) is 12.3 Å². The van der Waals surface area contributed by atoms with Crippen molar-refractivity contribution in [2.45, 2.75) is 32.9 Å². The molecule has 1 atom stereocenters. The number of rotatable bonds is 8. The number of benzene rings is 2. The molecule has 0 aliphatic heterocycles. The monoisotopic (exact) mass is 446 g/mol. The van der Waals surface area contributed by atoms with Crippen molar-refractivity contribution in [2.75, 3.05) is 13.7 Å². The standard InChI is InChI=1S/C22H24F2N4O2S/c1-4-30-17-8-5-15(6-9-17)21-25-26-22(31)28(21)12-11-20(29)27(3)14(2)16-7-10-18(23)19(24)13-16/h5-10,13-14H,4,11-12H2,1-3H3,(H,26,31). The highest BCUT2D eigenvalue weighted by Gasteiger charge is 2.19. The Balaban J connectivity index is 1.70. The summed E-state index contributed by atoms with van der Waals surface area (Å²) >= 11 is 5.33. The predicted molar refractivity (Wildman–Crippen MR) is 116 cm³/mol. The molecule has 1 N–H and O–H groups in total. The van der Waals surface area contributed by atoms with Gasteiger partial charge in [0.05, 0.1) is 12.6 Å². The van der Waals surface area contributed by atoms with E-state index in [1.54, 1.807) is 18.5 Å². The second kappa shape index (κ2) is 9.82. The molecule has 0 saturated carbocycles. The molecule has 0 aliphatic carbocycles. The number of carbonyl (C=O) groups is 1. The van der Waals surface area contributed by atoms with Crippen molar-refractivity contribution in [1.82, 2.24) is 19.7 Å². The number of hydrogen-bond acceptors (Lipinski definition) is 4. The van der Waals surface area contributed by atoms with Crippen LogP contribution in [0.1, 0.15) is 31.9 Å². The van der Waals surface area contributed by atoms with Gasteiger partial charge in [0, 0.05) is 25.6 Å². The number of ether oxygens (including phenoxy) is 1. The maximum absolute atomic E-state index is 13.5. The topological polar surface area (TPSA) is 63.1 Å². The van der Waals surface area contributed by atoms with Crippen LogP contribution in [-0.2, 0) is 11.3 Å². The third kappa shape index (κ3) is 5.16. The van der Waals surface area contributed by atoms with Crippen molar-refractivity contribution in [2.24, 2.45) is 0 Å². The van der Waals surface area contributed by atoms with Gasteiger partial charge in [-0.25, -0.2) is 8.78 Å². The molecule has 164 valence electrons. The molecule has 31 heavy (non-hydrogen) atoms. The van der Waals surface area contributed by atoms with Gasteiger partial charge in [-0.2, -0.15) is 5.10 Å². The van der Waals surface area contributed by atoms with Gasteiger partial charge in [0.1, 0.15) is 5.75 Å². The second-order valence-corrected chi connectivity index (χ2v) is 7.45. The molecule has 0 radical (unpaired) electrons. The molecule has 1 unspecified atom stereocenters. The molecule has 0 spiro atoms. The number of amides is 1. The van der Waals surface area contributed by atoms with E-state index in [4.69, 9.17) is 17.0 Å². The van der Waals surface area contributed by atoms with Crippen LogP contribution in [0.5, 0.6) is 5.75 Å². The van der Waals surface area contributed by atoms with Crippen LogP contribution in [0.3, 0.4) is 0 Å². The molecule has 1 heterocycles. The number of nitrogens with zero attached hydrogens (tertiary/aromatic N) is 3. The summed E-state index contributed by atoms with van der Waals surface area (Å²) in [4.78, 5) is 14.3. The van der Waals surface area contributed by atoms with Gasteiger partial charge in [-0.3, -0.25) is 14.5 Å². The summed E-state index contributed by atoms with van der Waals surface area (Å²) < 4.78 is 34.4. The van der Waals surface area contributed by atoms with Crippen molar-refractivity contribution >= 4 is 18.1 Å². The number of halogens is 2. The Kier molecular flexibility index (Phi) is 7.17. The molecule has 2 aromatic carbocycles. The molecule has 0 aliphatic rings. The first-order chi connectivity index (χ1) is 14.8. The second-order valence-electron chi connectivity index (χ2n) is 7.07. The van der Waals surface area contributed by atoms with Crippen LogP contribution < -0.4 is 4.74 Å². The van der Waals surface area contributed by atoms with E-state index in [0.717, 1.165) is 23.4 Å². The first kappa shape index (κ1) is 22.6. The van der Waals surface area contributed by atoms with Gasteiger partial charge in [-0.15, -0.1) is 0 Å². The highest BCUT2D eigenvalue weighted by atomic mass is 32.1. The lowest BCUT2D eigenvalue weighted by molar-refractivity contribution is -0.132. The summed E-state index contributed by atoms with van der Waals surface area (Å²) in [5, 5.41) is 7.06. The summed E-state index contributed by atoms with van der Waals surface area (Å²) in [6.45, 7) is 4.59. The van der Waals surface area contributed by atoms with Crippen LogP contribution >= 0.6 is 12.2 Å². The number of H-pyrrole nitrogens is 1. The number of aromatic nitrogens is 3. The predicted octanol–water partition coefficient (Wildman–Crippen LogP) is 4.89. The summed E-state index contributed by atoms with van der Waals surface area (Å²) in [6, 6.07) is 10.7. The van der Waals surface area contributed by atoms with E-state index in [2.05, 4.69) is 10.2 Å². The SMILES string of the molecule is CCOc1ccc(-c2n[nH]c(=S)n2CCC(=O)N(C)C(C)c2ccc(F)c(F)c2)cc1. The Bertz CT molecular complexity index is 1110. The Labute approximate surface area is 184 Å². The van der Waals surface area contributed by atoms with E-state index < -0.39 is 17.7 Å². The van der Waals surface area contributed by atoms with Crippen LogP contribution in [0.2, 0.25) is 0 Å². The van der Waals surface area contributed by atoms with Gasteiger partial charge in [-0.1, -0.05) is 6.07 Å². The Morgan fingerprint density at radius 2 is 1.94 bits per heavy atom. The van der Waals surface area contributed by atoms with E-state index in [9.17, 15) is 13.6 Å². The van der Waals surface area contributed by atoms with Crippen LogP contribution in [0.15, 0.2) is 42.5 Å². The zero-order chi connectivity index (χ0) is 22.5. The third-order valence-electron chi connectivity index (χ3n) is 5.13. The van der Waals surface area contributed by atoms with Gasteiger partial charge in [0.15, 0.2) is 22.2 Å². The summed E-state index contributed by atoms with van der Waals surface area (Å²) in [5.41, 5.74) is 1.36. The fraction of sp³-hybridized carbons (Fsp3) is 0.318. The van der Waals surface area contributed by atoms with Gasteiger partial charge >= 0.3 is 0 Å². The molecule has 3 rings (SSSR count). The lowest BCUT2D eigenvalue weighted by atomic mass is 10.1. The highest BCUT2D eigenvalue weighted by Crippen LogP contribution is 2.23. The van der Waals surface area contributed by atoms with Gasteiger partial charge in [-0.05, 0) is 68.0 Å². The zero-order valence-corrected chi connectivity index (χ0v) is 18.4. The number of carbonyl (C=O) groups excluding carboxylic acids is 1. The molecule has 1 amide bonds. The highest BCUT2D eigenvalue weighted by molar-refractivity contribution is 7.71. The average Bonchev–Trinajstić information content (AvgIpc) is 3.14. The van der Waals surface area contributed by atoms with Crippen molar-refractivity contribution in [1.29, 1.82) is 0 Å². The fourth-order valence-corrected chi connectivity index (χ4v) is 3.43. The largest absolute Gasteiger partial charge is 0.494 e. The van der Waals surface area contributed by atoms with Crippen molar-refractivity contribution in [3.8, 4) is 17.1 Å². The van der Waals surface area contributed by atoms with Crippen molar-refractivity contribution in [3.05, 3.63) is 64.4 Å². The first-order valence-corrected chi connectivity index (χ1v) is 10.3. The molecule has 0 saturated heterocycles.